The average Bonchev–Trinajstić information content (AvgIpc) is 0.876. The van der Waals surface area contributed by atoms with Crippen LogP contribution in [-0.2, 0) is 38.5 Å². The van der Waals surface area contributed by atoms with Crippen LogP contribution in [0, 0.1) is 11.8 Å². The Morgan fingerprint density at radius 3 is 0.452 bits per heavy atom. The standard InChI is InChI=1S/C27H24.C13H24.C13H12.2C8H10.2C6H6.CH6N2.10CH5N/c1-3-7-22(8-4-1)19-24-11-15-26(16-12-24)21-27-17-13-25(14-18-27)20-23-9-5-2-6-10-23;2*1-3-7-12(8-4-1)11-13-9-5-2-6-10-13;2*1-2-8-6-4-3-5-7-8;2*1-2-4-6-5-3-1;2-1-3;10*1-2/h1-18H,19-21H2;12-13H,1-11H2;1-10H,11H2;2*3-7H,2H2,1H3;2*1-6H;1-3H2;10*2H2,1H3. The topological polar surface area (TPSA) is 312 Å². The van der Waals surface area contributed by atoms with Crippen LogP contribution >= 0.6 is 0 Å². The van der Waals surface area contributed by atoms with Gasteiger partial charge in [0.05, 0.1) is 0 Å². The number of rotatable bonds is 12. The summed E-state index contributed by atoms with van der Waals surface area (Å²) in [6.07, 6.45) is 23.2. The first kappa shape index (κ1) is 107. The molecule has 2 fully saturated rings. The van der Waals surface area contributed by atoms with Crippen molar-refractivity contribution >= 4 is 0 Å². The highest BCUT2D eigenvalue weighted by atomic mass is 14.7. The molecule has 12 rings (SSSR count). The molecule has 0 heterocycles. The second kappa shape index (κ2) is 90.8. The van der Waals surface area contributed by atoms with Crippen LogP contribution in [0.15, 0.2) is 303 Å². The summed E-state index contributed by atoms with van der Waals surface area (Å²) in [7, 11) is 15.0. The normalized spacial score (nSPS) is 10.5. The van der Waals surface area contributed by atoms with Crippen LogP contribution in [0.3, 0.4) is 0 Å². The van der Waals surface area contributed by atoms with E-state index in [-0.39, 0.29) is 6.67 Å². The van der Waals surface area contributed by atoms with E-state index < -0.39 is 0 Å². The maximum absolute atomic E-state index is 4.62. The Kier molecular flexibility index (Phi) is 93.1. The largest absolute Gasteiger partial charge is 0.333 e. The fraction of sp³-hybridized carbons (Fsp3) is 0.348. The molecule has 24 N–H and O–H groups in total. The number of hydrogen-bond donors (Lipinski definition) is 12. The summed E-state index contributed by atoms with van der Waals surface area (Å²) in [5, 5.41) is 0. The summed E-state index contributed by atoms with van der Waals surface area (Å²) >= 11 is 0. The van der Waals surface area contributed by atoms with Gasteiger partial charge in [-0.15, -0.1) is 0 Å². The third-order valence-corrected chi connectivity index (χ3v) is 15.0. The van der Waals surface area contributed by atoms with E-state index in [1.807, 2.05) is 84.9 Å². The number of nitrogens with two attached hydrogens (primary N) is 12. The molecular weight excluding hydrogens is 1270 g/mol. The van der Waals surface area contributed by atoms with Gasteiger partial charge in [-0.2, -0.15) is 0 Å². The maximum atomic E-state index is 4.62. The van der Waals surface area contributed by atoms with Crippen molar-refractivity contribution in [1.29, 1.82) is 0 Å². The lowest BCUT2D eigenvalue weighted by Crippen LogP contribution is -2.14. The summed E-state index contributed by atoms with van der Waals surface area (Å²) in [6.45, 7) is 4.57. The average molecular weight is 1420 g/mol. The molecule has 0 unspecified atom stereocenters. The molecule has 576 valence electrons. The fourth-order valence-corrected chi connectivity index (χ4v) is 10.4. The van der Waals surface area contributed by atoms with E-state index in [9.17, 15) is 0 Å². The molecular formula is C92H148N12. The van der Waals surface area contributed by atoms with E-state index in [0.717, 1.165) is 50.4 Å². The molecule has 0 saturated heterocycles. The zero-order chi connectivity index (χ0) is 79.0. The molecule has 0 atom stereocenters. The van der Waals surface area contributed by atoms with Gasteiger partial charge in [0, 0.05) is 6.67 Å². The molecule has 2 aliphatic rings. The van der Waals surface area contributed by atoms with Gasteiger partial charge in [-0.3, -0.25) is 0 Å². The molecule has 10 aromatic rings. The number of benzene rings is 10. The second-order valence-electron chi connectivity index (χ2n) is 21.7. The number of aryl methyl sites for hydroxylation is 2. The van der Waals surface area contributed by atoms with E-state index in [4.69, 9.17) is 0 Å². The van der Waals surface area contributed by atoms with Gasteiger partial charge >= 0.3 is 0 Å². The van der Waals surface area contributed by atoms with Crippen molar-refractivity contribution < 1.29 is 0 Å². The highest BCUT2D eigenvalue weighted by Gasteiger charge is 2.20. The molecule has 10 aromatic carbocycles. The quantitative estimate of drug-likeness (QED) is 0.0508. The predicted molar refractivity (Wildman–Crippen MR) is 467 cm³/mol. The van der Waals surface area contributed by atoms with Crippen molar-refractivity contribution in [2.24, 2.45) is 80.6 Å². The van der Waals surface area contributed by atoms with Crippen LogP contribution in [0.5, 0.6) is 0 Å². The van der Waals surface area contributed by atoms with E-state index >= 15 is 0 Å². The molecule has 2 aliphatic carbocycles. The molecule has 0 aliphatic heterocycles. The Morgan fingerprint density at radius 2 is 0.317 bits per heavy atom. The van der Waals surface area contributed by atoms with Crippen LogP contribution in [-0.4, -0.2) is 77.1 Å². The predicted octanol–water partition coefficient (Wildman–Crippen LogP) is 16.8. The highest BCUT2D eigenvalue weighted by Crippen LogP contribution is 2.35. The van der Waals surface area contributed by atoms with Crippen molar-refractivity contribution in [2.75, 3.05) is 77.1 Å². The lowest BCUT2D eigenvalue weighted by Gasteiger charge is -2.28. The lowest BCUT2D eigenvalue weighted by atomic mass is 9.78. The minimum Gasteiger partial charge on any atom is -0.333 e. The van der Waals surface area contributed by atoms with Crippen LogP contribution in [0.4, 0.5) is 0 Å². The second-order valence-corrected chi connectivity index (χ2v) is 21.7. The van der Waals surface area contributed by atoms with Gasteiger partial charge in [-0.05, 0) is 183 Å². The SMILES string of the molecule is C1CCC(CC2CCCCC2)CC1.CCc1ccccc1.CCc1ccccc1.CN.CN.CN.CN.CN.CN.CN.CN.CN.CN.NCN.c1ccc(Cc2ccc(Cc3ccc(Cc4ccccc4)cc3)cc2)cc1.c1ccc(Cc2ccccc2)cc1.c1ccccc1.c1ccccc1. The molecule has 2 saturated carbocycles. The van der Waals surface area contributed by atoms with Gasteiger partial charge in [0.25, 0.3) is 0 Å². The van der Waals surface area contributed by atoms with Crippen molar-refractivity contribution in [3.8, 4) is 0 Å². The van der Waals surface area contributed by atoms with Crippen LogP contribution in [0.1, 0.15) is 140 Å². The van der Waals surface area contributed by atoms with Crippen molar-refractivity contribution in [3.63, 3.8) is 0 Å². The maximum Gasteiger partial charge on any atom is 0.0403 e. The summed E-state index contributed by atoms with van der Waals surface area (Å²) in [6, 6.07) is 105. The third-order valence-electron chi connectivity index (χ3n) is 15.0. The van der Waals surface area contributed by atoms with Gasteiger partial charge in [0.15, 0.2) is 0 Å². The van der Waals surface area contributed by atoms with E-state index in [2.05, 4.69) is 301 Å². The van der Waals surface area contributed by atoms with E-state index in [0.29, 0.717) is 0 Å². The Balaban J connectivity index is -0.000000271. The van der Waals surface area contributed by atoms with Crippen LogP contribution in [0.25, 0.3) is 0 Å². The van der Waals surface area contributed by atoms with E-state index in [1.54, 1.807) is 32.1 Å². The summed E-state index contributed by atoms with van der Waals surface area (Å²) < 4.78 is 0. The lowest BCUT2D eigenvalue weighted by molar-refractivity contribution is 0.244. The smallest absolute Gasteiger partial charge is 0.0403 e. The monoisotopic (exact) mass is 1420 g/mol. The summed E-state index contributed by atoms with van der Waals surface area (Å²) in [4.78, 5) is 0. The molecule has 0 radical (unpaired) electrons. The highest BCUT2D eigenvalue weighted by molar-refractivity contribution is 5.34. The summed E-state index contributed by atoms with van der Waals surface area (Å²) in [5.74, 6) is 2.24. The Labute approximate surface area is 636 Å². The van der Waals surface area contributed by atoms with Crippen molar-refractivity contribution in [2.45, 2.75) is 123 Å². The Morgan fingerprint density at radius 1 is 0.192 bits per heavy atom. The minimum absolute atomic E-state index is 0.250. The minimum atomic E-state index is 0.250. The zero-order valence-electron chi connectivity index (χ0n) is 66.7. The molecule has 104 heavy (non-hydrogen) atoms. The number of hydrogen-bond acceptors (Lipinski definition) is 12. The molecule has 12 nitrogen and oxygen atoms in total. The molecule has 0 aromatic heterocycles. The first-order valence-corrected chi connectivity index (χ1v) is 37.1. The first-order valence-electron chi connectivity index (χ1n) is 37.1. The van der Waals surface area contributed by atoms with Gasteiger partial charge in [0.1, 0.15) is 0 Å². The molecule has 12 heteroatoms. The van der Waals surface area contributed by atoms with Gasteiger partial charge in [0.2, 0.25) is 0 Å². The van der Waals surface area contributed by atoms with Gasteiger partial charge in [-0.25, -0.2) is 0 Å². The fourth-order valence-electron chi connectivity index (χ4n) is 10.4. The van der Waals surface area contributed by atoms with Crippen molar-refractivity contribution in [1.82, 2.24) is 0 Å². The molecule has 0 spiro atoms. The van der Waals surface area contributed by atoms with Gasteiger partial charge in [-0.1, -0.05) is 381 Å². The van der Waals surface area contributed by atoms with Crippen LogP contribution < -0.4 is 68.8 Å². The third kappa shape index (κ3) is 64.6. The Bertz CT molecular complexity index is 2760. The molecule has 0 bridgehead atoms. The zero-order valence-corrected chi connectivity index (χ0v) is 66.7. The Hall–Kier alpha value is -8.28. The van der Waals surface area contributed by atoms with Gasteiger partial charge < -0.3 is 68.8 Å². The first-order chi connectivity index (χ1) is 51.5. The van der Waals surface area contributed by atoms with E-state index in [1.165, 1.54) is 165 Å². The molecule has 0 amide bonds. The van der Waals surface area contributed by atoms with Crippen molar-refractivity contribution in [3.05, 3.63) is 359 Å². The van der Waals surface area contributed by atoms with Crippen LogP contribution in [0.2, 0.25) is 0 Å². The summed E-state index contributed by atoms with van der Waals surface area (Å²) in [5.41, 5.74) is 68.0.